The quantitative estimate of drug-likeness (QED) is 0.635. The summed E-state index contributed by atoms with van der Waals surface area (Å²) in [6, 6.07) is 3.51. The number of halogens is 2. The minimum Gasteiger partial charge on any atom is -0.503 e. The molecule has 192 valence electrons. The summed E-state index contributed by atoms with van der Waals surface area (Å²) in [5.74, 6) is -2.89. The predicted molar refractivity (Wildman–Crippen MR) is 129 cm³/mol. The molecule has 5 rings (SSSR count). The highest BCUT2D eigenvalue weighted by atomic mass is 19.1. The van der Waals surface area contributed by atoms with Gasteiger partial charge in [0.1, 0.15) is 17.8 Å². The lowest BCUT2D eigenvalue weighted by molar-refractivity contribution is -0.0545. The van der Waals surface area contributed by atoms with Crippen LogP contribution < -0.4 is 5.43 Å². The number of aromatic hydroxyl groups is 1. The zero-order valence-corrected chi connectivity index (χ0v) is 20.4. The van der Waals surface area contributed by atoms with Gasteiger partial charge in [-0.3, -0.25) is 19.3 Å². The van der Waals surface area contributed by atoms with Crippen molar-refractivity contribution in [1.29, 1.82) is 0 Å². The van der Waals surface area contributed by atoms with Gasteiger partial charge in [0.05, 0.1) is 12.1 Å². The summed E-state index contributed by atoms with van der Waals surface area (Å²) in [5, 5.41) is 10.7. The Hall–Kier alpha value is -3.07. The Bertz CT molecular complexity index is 1250. The molecule has 0 bridgehead atoms. The smallest absolute Gasteiger partial charge is 0.275 e. The number of hydrogen-bond acceptors (Lipinski definition) is 5. The lowest BCUT2D eigenvalue weighted by atomic mass is 9.91. The van der Waals surface area contributed by atoms with E-state index in [1.54, 1.807) is 4.90 Å². The molecule has 3 heterocycles. The number of pyridine rings is 1. The molecular formula is C27H31F2N3O4. The van der Waals surface area contributed by atoms with Crippen LogP contribution in [0, 0.1) is 17.6 Å². The van der Waals surface area contributed by atoms with Crippen LogP contribution in [-0.4, -0.2) is 56.5 Å². The van der Waals surface area contributed by atoms with E-state index in [1.165, 1.54) is 23.3 Å². The average molecular weight is 500 g/mol. The topological polar surface area (TPSA) is 82.9 Å². The number of Topliss-reactive ketones (excluding diaryl/α,β-unsaturated/α-hetero) is 1. The number of amides is 1. The van der Waals surface area contributed by atoms with Gasteiger partial charge in [-0.1, -0.05) is 32.3 Å². The zero-order valence-electron chi connectivity index (χ0n) is 20.4. The second-order valence-corrected chi connectivity index (χ2v) is 10.4. The summed E-state index contributed by atoms with van der Waals surface area (Å²) < 4.78 is 28.7. The van der Waals surface area contributed by atoms with Gasteiger partial charge in [-0.05, 0) is 36.8 Å². The van der Waals surface area contributed by atoms with E-state index in [-0.39, 0.29) is 41.7 Å². The number of aromatic nitrogens is 1. The maximum atomic E-state index is 14.0. The first-order chi connectivity index (χ1) is 17.2. The summed E-state index contributed by atoms with van der Waals surface area (Å²) in [4.78, 5) is 43.5. The molecule has 7 nitrogen and oxygen atoms in total. The number of ketones is 1. The molecule has 1 amide bonds. The molecule has 3 aliphatic rings. The molecule has 2 aromatic rings. The summed E-state index contributed by atoms with van der Waals surface area (Å²) in [6.45, 7) is 3.87. The number of rotatable bonds is 5. The van der Waals surface area contributed by atoms with Crippen molar-refractivity contribution in [1.82, 2.24) is 14.4 Å². The van der Waals surface area contributed by atoms with Crippen molar-refractivity contribution in [3.63, 3.8) is 0 Å². The molecule has 9 heteroatoms. The van der Waals surface area contributed by atoms with Crippen LogP contribution in [0.2, 0.25) is 0 Å². The molecule has 2 aliphatic heterocycles. The van der Waals surface area contributed by atoms with Gasteiger partial charge < -0.3 is 14.6 Å². The Morgan fingerprint density at radius 3 is 2.56 bits per heavy atom. The summed E-state index contributed by atoms with van der Waals surface area (Å²) >= 11 is 0. The summed E-state index contributed by atoms with van der Waals surface area (Å²) in [5.41, 5.74) is -1.05. The predicted octanol–water partition coefficient (Wildman–Crippen LogP) is 3.71. The Balaban J connectivity index is 1.43. The van der Waals surface area contributed by atoms with Crippen LogP contribution in [-0.2, 0) is 13.0 Å². The highest BCUT2D eigenvalue weighted by Crippen LogP contribution is 2.34. The molecule has 1 aromatic heterocycles. The van der Waals surface area contributed by atoms with Crippen LogP contribution in [0.5, 0.6) is 5.75 Å². The van der Waals surface area contributed by atoms with E-state index in [4.69, 9.17) is 0 Å². The van der Waals surface area contributed by atoms with Gasteiger partial charge in [0, 0.05) is 37.8 Å². The Morgan fingerprint density at radius 1 is 1.08 bits per heavy atom. The van der Waals surface area contributed by atoms with Crippen molar-refractivity contribution >= 4 is 11.7 Å². The fourth-order valence-corrected chi connectivity index (χ4v) is 6.04. The van der Waals surface area contributed by atoms with E-state index < -0.39 is 34.5 Å². The van der Waals surface area contributed by atoms with Crippen molar-refractivity contribution in [2.45, 2.75) is 70.6 Å². The molecule has 36 heavy (non-hydrogen) atoms. The highest BCUT2D eigenvalue weighted by Gasteiger charge is 2.44. The third kappa shape index (κ3) is 4.45. The molecule has 0 radical (unpaired) electrons. The highest BCUT2D eigenvalue weighted by molar-refractivity contribution is 6.00. The number of nitrogens with zero attached hydrogens (tertiary/aromatic N) is 3. The van der Waals surface area contributed by atoms with Crippen LogP contribution in [0.1, 0.15) is 71.9 Å². The fraction of sp³-hybridized carbons (Fsp3) is 0.519. The number of fused-ring (bicyclic) bond motifs is 2. The Kier molecular flexibility index (Phi) is 6.68. The largest absolute Gasteiger partial charge is 0.503 e. The van der Waals surface area contributed by atoms with E-state index in [0.717, 1.165) is 44.4 Å². The SMILES string of the molecule is C[C@H]1CN2C(=O)c3c(O)c(=O)c(C(=O)CCc4ccc(F)cc4F)cn3CC2N(C2CCCCC2)C1. The Labute approximate surface area is 208 Å². The van der Waals surface area contributed by atoms with Gasteiger partial charge in [-0.25, -0.2) is 8.78 Å². The van der Waals surface area contributed by atoms with Crippen LogP contribution >= 0.6 is 0 Å². The van der Waals surface area contributed by atoms with Crippen molar-refractivity contribution in [2.75, 3.05) is 13.1 Å². The van der Waals surface area contributed by atoms with Gasteiger partial charge >= 0.3 is 0 Å². The minimum absolute atomic E-state index is 0.0183. The lowest BCUT2D eigenvalue weighted by Gasteiger charge is -2.52. The Morgan fingerprint density at radius 2 is 1.83 bits per heavy atom. The molecule has 1 unspecified atom stereocenters. The van der Waals surface area contributed by atoms with Gasteiger partial charge in [0.15, 0.2) is 17.2 Å². The molecule has 1 aromatic carbocycles. The average Bonchev–Trinajstić information content (AvgIpc) is 2.86. The molecule has 2 atom stereocenters. The van der Waals surface area contributed by atoms with Gasteiger partial charge in [0.25, 0.3) is 5.91 Å². The maximum Gasteiger partial charge on any atom is 0.275 e. The third-order valence-electron chi connectivity index (χ3n) is 7.83. The lowest BCUT2D eigenvalue weighted by Crippen LogP contribution is -2.65. The van der Waals surface area contributed by atoms with E-state index in [2.05, 4.69) is 11.8 Å². The second kappa shape index (κ2) is 9.76. The first kappa shape index (κ1) is 24.6. The fourth-order valence-electron chi connectivity index (χ4n) is 6.04. The van der Waals surface area contributed by atoms with Gasteiger partial charge in [-0.15, -0.1) is 0 Å². The van der Waals surface area contributed by atoms with Crippen LogP contribution in [0.3, 0.4) is 0 Å². The molecule has 1 saturated heterocycles. The number of hydrogen-bond donors (Lipinski definition) is 1. The maximum absolute atomic E-state index is 14.0. The zero-order chi connectivity index (χ0) is 25.6. The number of carbonyl (C=O) groups is 2. The molecular weight excluding hydrogens is 468 g/mol. The summed E-state index contributed by atoms with van der Waals surface area (Å²) in [7, 11) is 0. The van der Waals surface area contributed by atoms with E-state index in [9.17, 15) is 28.3 Å². The number of aryl methyl sites for hydroxylation is 1. The van der Waals surface area contributed by atoms with Crippen molar-refractivity contribution in [3.8, 4) is 5.75 Å². The molecule has 2 fully saturated rings. The summed E-state index contributed by atoms with van der Waals surface area (Å²) in [6.07, 6.45) is 6.66. The minimum atomic E-state index is -0.896. The first-order valence-corrected chi connectivity index (χ1v) is 12.7. The van der Waals surface area contributed by atoms with Crippen molar-refractivity contribution < 1.29 is 23.5 Å². The molecule has 0 spiro atoms. The van der Waals surface area contributed by atoms with E-state index in [1.807, 2.05) is 0 Å². The standard InChI is InChI=1S/C27H31F2N3O4/c1-16-12-31(19-5-3-2-4-6-19)23-15-30-14-20(25(34)26(35)24(30)27(36)32(23)13-16)22(33)10-8-17-7-9-18(28)11-21(17)29/h7,9,11,14,16,19,23,35H,2-6,8,10,12-13,15H2,1H3/t16-,23?/m1/s1. The van der Waals surface area contributed by atoms with Crippen molar-refractivity contribution in [3.05, 3.63) is 63.1 Å². The van der Waals surface area contributed by atoms with Gasteiger partial charge in [0.2, 0.25) is 5.43 Å². The first-order valence-electron chi connectivity index (χ1n) is 12.7. The number of benzene rings is 1. The van der Waals surface area contributed by atoms with Crippen LogP contribution in [0.25, 0.3) is 0 Å². The normalized spacial score (nSPS) is 22.9. The second-order valence-electron chi connectivity index (χ2n) is 10.4. The van der Waals surface area contributed by atoms with Crippen LogP contribution in [0.4, 0.5) is 8.78 Å². The molecule has 1 saturated carbocycles. The molecule has 1 N–H and O–H groups in total. The van der Waals surface area contributed by atoms with Gasteiger partial charge in [-0.2, -0.15) is 0 Å². The number of carbonyl (C=O) groups excluding carboxylic acids is 2. The van der Waals surface area contributed by atoms with Crippen LogP contribution in [0.15, 0.2) is 29.2 Å². The monoisotopic (exact) mass is 499 g/mol. The van der Waals surface area contributed by atoms with E-state index >= 15 is 0 Å². The van der Waals surface area contributed by atoms with Crippen molar-refractivity contribution in [2.24, 2.45) is 5.92 Å². The molecule has 1 aliphatic carbocycles. The third-order valence-corrected chi connectivity index (χ3v) is 7.83. The van der Waals surface area contributed by atoms with E-state index in [0.29, 0.717) is 19.1 Å².